The van der Waals surface area contributed by atoms with Crippen LogP contribution < -0.4 is 0 Å². The molecule has 1 rings (SSSR count). The van der Waals surface area contributed by atoms with Crippen LogP contribution in [-0.2, 0) is 0 Å². The molecule has 0 spiro atoms. The van der Waals surface area contributed by atoms with Crippen molar-refractivity contribution in [2.75, 3.05) is 0 Å². The average molecular weight is 297 g/mol. The van der Waals surface area contributed by atoms with Crippen LogP contribution in [0.15, 0.2) is 10.5 Å². The van der Waals surface area contributed by atoms with E-state index < -0.39 is 34.4 Å². The zero-order valence-corrected chi connectivity index (χ0v) is 8.94. The Morgan fingerprint density at radius 1 is 1.62 bits per heavy atom. The molecule has 0 aromatic carbocycles. The largest absolute Gasteiger partial charge is 0.477 e. The number of pyridine rings is 1. The third kappa shape index (κ3) is 2.30. The summed E-state index contributed by atoms with van der Waals surface area (Å²) in [6.45, 7) is 0. The maximum atomic E-state index is 12.3. The lowest BCUT2D eigenvalue weighted by Gasteiger charge is -2.01. The van der Waals surface area contributed by atoms with Crippen molar-refractivity contribution in [3.8, 4) is 0 Å². The van der Waals surface area contributed by atoms with E-state index in [0.717, 1.165) is 6.07 Å². The van der Waals surface area contributed by atoms with Crippen LogP contribution in [0, 0.1) is 10.1 Å². The number of aromatic nitrogens is 1. The van der Waals surface area contributed by atoms with Gasteiger partial charge in [0.25, 0.3) is 0 Å². The van der Waals surface area contributed by atoms with E-state index in [1.807, 2.05) is 0 Å². The number of nitro groups is 1. The molecule has 9 heteroatoms. The van der Waals surface area contributed by atoms with Gasteiger partial charge < -0.3 is 15.2 Å². The minimum atomic E-state index is -3.03. The number of hydrogen-bond donors (Lipinski definition) is 1. The smallest absolute Gasteiger partial charge is 0.378 e. The lowest BCUT2D eigenvalue weighted by atomic mass is 10.2. The highest BCUT2D eigenvalue weighted by molar-refractivity contribution is 9.10. The van der Waals surface area contributed by atoms with Crippen molar-refractivity contribution in [1.82, 2.24) is 4.98 Å². The van der Waals surface area contributed by atoms with Gasteiger partial charge in [0, 0.05) is 0 Å². The Balaban J connectivity index is 3.49. The lowest BCUT2D eigenvalue weighted by Crippen LogP contribution is -2.07. The summed E-state index contributed by atoms with van der Waals surface area (Å²) in [5, 5.41) is 19.0. The molecule has 0 radical (unpaired) electrons. The van der Waals surface area contributed by atoms with Crippen LogP contribution in [0.25, 0.3) is 0 Å². The van der Waals surface area contributed by atoms with Gasteiger partial charge in [0.1, 0.15) is 0 Å². The molecule has 0 atom stereocenters. The van der Waals surface area contributed by atoms with Crippen molar-refractivity contribution in [3.63, 3.8) is 0 Å². The second kappa shape index (κ2) is 4.47. The van der Waals surface area contributed by atoms with E-state index in [1.165, 1.54) is 0 Å². The number of rotatable bonds is 3. The second-order valence-electron chi connectivity index (χ2n) is 2.59. The van der Waals surface area contributed by atoms with Crippen LogP contribution in [-0.4, -0.2) is 21.0 Å². The molecule has 0 amide bonds. The van der Waals surface area contributed by atoms with Crippen molar-refractivity contribution >= 4 is 27.7 Å². The molecule has 16 heavy (non-hydrogen) atoms. The quantitative estimate of drug-likeness (QED) is 0.683. The van der Waals surface area contributed by atoms with E-state index in [4.69, 9.17) is 5.11 Å². The summed E-state index contributed by atoms with van der Waals surface area (Å²) in [6, 6.07) is 0.731. The van der Waals surface area contributed by atoms with Crippen molar-refractivity contribution < 1.29 is 23.6 Å². The predicted molar refractivity (Wildman–Crippen MR) is 50.5 cm³/mol. The summed E-state index contributed by atoms with van der Waals surface area (Å²) in [7, 11) is 0. The van der Waals surface area contributed by atoms with Crippen molar-refractivity contribution in [2.45, 2.75) is 6.43 Å². The Kier molecular flexibility index (Phi) is 3.48. The van der Waals surface area contributed by atoms with Gasteiger partial charge in [-0.3, -0.25) is 0 Å². The highest BCUT2D eigenvalue weighted by Crippen LogP contribution is 2.30. The lowest BCUT2D eigenvalue weighted by molar-refractivity contribution is -0.390. The molecule has 0 aliphatic rings. The van der Waals surface area contributed by atoms with E-state index in [2.05, 4.69) is 20.9 Å². The fourth-order valence-corrected chi connectivity index (χ4v) is 1.43. The fraction of sp³-hybridized carbons (Fsp3) is 0.143. The van der Waals surface area contributed by atoms with Gasteiger partial charge in [0.15, 0.2) is 5.56 Å². The average Bonchev–Trinajstić information content (AvgIpc) is 2.15. The zero-order valence-electron chi connectivity index (χ0n) is 7.35. The molecular weight excluding hydrogens is 294 g/mol. The number of carboxylic acids is 1. The first kappa shape index (κ1) is 12.4. The normalized spacial score (nSPS) is 10.5. The second-order valence-corrected chi connectivity index (χ2v) is 3.44. The van der Waals surface area contributed by atoms with E-state index in [0.29, 0.717) is 0 Å². The standard InChI is InChI=1S/C7H3BrF2N2O4/c8-3-1-2(7(13)14)6(12(15)16)11-4(3)5(9)10/h1,5H,(H,13,14). The van der Waals surface area contributed by atoms with Gasteiger partial charge in [-0.05, 0) is 31.9 Å². The van der Waals surface area contributed by atoms with Crippen LogP contribution in [0.3, 0.4) is 0 Å². The molecule has 1 heterocycles. The minimum absolute atomic E-state index is 0.287. The minimum Gasteiger partial charge on any atom is -0.477 e. The molecule has 0 fully saturated rings. The first-order valence-corrected chi connectivity index (χ1v) is 4.50. The van der Waals surface area contributed by atoms with Crippen molar-refractivity contribution in [2.24, 2.45) is 0 Å². The first-order valence-electron chi connectivity index (χ1n) is 3.71. The van der Waals surface area contributed by atoms with E-state index in [9.17, 15) is 23.7 Å². The highest BCUT2D eigenvalue weighted by atomic mass is 79.9. The molecule has 0 aliphatic carbocycles. The first-order chi connectivity index (χ1) is 7.34. The third-order valence-corrected chi connectivity index (χ3v) is 2.23. The topological polar surface area (TPSA) is 93.3 Å². The Labute approximate surface area is 95.2 Å². The Morgan fingerprint density at radius 2 is 2.19 bits per heavy atom. The summed E-state index contributed by atoms with van der Waals surface area (Å²) in [5.74, 6) is -2.72. The molecule has 0 aliphatic heterocycles. The number of hydrogen-bond acceptors (Lipinski definition) is 4. The maximum absolute atomic E-state index is 12.3. The molecule has 6 nitrogen and oxygen atoms in total. The van der Waals surface area contributed by atoms with Crippen molar-refractivity contribution in [3.05, 3.63) is 31.9 Å². The van der Waals surface area contributed by atoms with Gasteiger partial charge in [-0.2, -0.15) is 0 Å². The van der Waals surface area contributed by atoms with Gasteiger partial charge in [0.2, 0.25) is 5.69 Å². The summed E-state index contributed by atoms with van der Waals surface area (Å²) in [4.78, 5) is 22.9. The van der Waals surface area contributed by atoms with Crippen LogP contribution in [0.4, 0.5) is 14.6 Å². The van der Waals surface area contributed by atoms with E-state index in [1.54, 1.807) is 0 Å². The van der Waals surface area contributed by atoms with E-state index in [-0.39, 0.29) is 4.47 Å². The van der Waals surface area contributed by atoms with Crippen molar-refractivity contribution in [1.29, 1.82) is 0 Å². The molecule has 0 saturated heterocycles. The Morgan fingerprint density at radius 3 is 2.56 bits per heavy atom. The SMILES string of the molecule is O=C(O)c1cc(Br)c(C(F)F)nc1[N+](=O)[O-]. The number of alkyl halides is 2. The highest BCUT2D eigenvalue weighted by Gasteiger charge is 2.29. The summed E-state index contributed by atoms with van der Waals surface area (Å²) in [6.07, 6.45) is -3.03. The molecule has 0 bridgehead atoms. The summed E-state index contributed by atoms with van der Waals surface area (Å²) in [5.41, 5.74) is -1.61. The van der Waals surface area contributed by atoms with Gasteiger partial charge in [0.05, 0.1) is 4.47 Å². The number of halogens is 3. The van der Waals surface area contributed by atoms with E-state index >= 15 is 0 Å². The molecule has 1 aromatic heterocycles. The molecule has 0 unspecified atom stereocenters. The Hall–Kier alpha value is -1.64. The van der Waals surface area contributed by atoms with Gasteiger partial charge >= 0.3 is 18.2 Å². The van der Waals surface area contributed by atoms with Gasteiger partial charge in [-0.15, -0.1) is 0 Å². The number of carbonyl (C=O) groups is 1. The Bertz CT molecular complexity index is 466. The van der Waals surface area contributed by atoms with Gasteiger partial charge in [-0.25, -0.2) is 13.6 Å². The number of nitrogens with zero attached hydrogens (tertiary/aromatic N) is 2. The van der Waals surface area contributed by atoms with Crippen LogP contribution >= 0.6 is 15.9 Å². The van der Waals surface area contributed by atoms with Gasteiger partial charge in [-0.1, -0.05) is 0 Å². The molecular formula is C7H3BrF2N2O4. The fourth-order valence-electron chi connectivity index (χ4n) is 0.943. The summed E-state index contributed by atoms with van der Waals surface area (Å²) >= 11 is 2.67. The number of aromatic carboxylic acids is 1. The van der Waals surface area contributed by atoms with Crippen LogP contribution in [0.5, 0.6) is 0 Å². The van der Waals surface area contributed by atoms with Crippen LogP contribution in [0.2, 0.25) is 0 Å². The van der Waals surface area contributed by atoms with Crippen LogP contribution in [0.1, 0.15) is 22.5 Å². The third-order valence-electron chi connectivity index (χ3n) is 1.59. The summed E-state index contributed by atoms with van der Waals surface area (Å²) < 4.78 is 24.4. The predicted octanol–water partition coefficient (Wildman–Crippen LogP) is 2.39. The molecule has 86 valence electrons. The molecule has 1 N–H and O–H groups in total. The monoisotopic (exact) mass is 296 g/mol. The molecule has 0 saturated carbocycles. The maximum Gasteiger partial charge on any atom is 0.378 e. The zero-order chi connectivity index (χ0) is 12.5. The molecule has 1 aromatic rings. The number of carboxylic acid groups (broad SMARTS) is 1.